The molecule has 1 N–H and O–H groups in total. The Morgan fingerprint density at radius 3 is 2.35 bits per heavy atom. The fraction of sp³-hybridized carbons (Fsp3) is 0. The Bertz CT molecular complexity index is 692. The van der Waals surface area contributed by atoms with Gasteiger partial charge in [0.2, 0.25) is 0 Å². The van der Waals surface area contributed by atoms with Gasteiger partial charge in [-0.25, -0.2) is 13.2 Å². The molecule has 104 valence electrons. The van der Waals surface area contributed by atoms with Gasteiger partial charge in [0.05, 0.1) is 15.7 Å². The minimum atomic E-state index is -0.806. The van der Waals surface area contributed by atoms with Crippen LogP contribution in [0.25, 0.3) is 0 Å². The lowest BCUT2D eigenvalue weighted by atomic mass is 10.2. The zero-order valence-electron chi connectivity index (χ0n) is 9.68. The molecule has 0 spiro atoms. The molecule has 0 bridgehead atoms. The van der Waals surface area contributed by atoms with Gasteiger partial charge < -0.3 is 5.32 Å². The summed E-state index contributed by atoms with van der Waals surface area (Å²) >= 11 is 5.91. The number of hydrogen-bond donors (Lipinski definition) is 1. The molecule has 2 aromatic carbocycles. The monoisotopic (exact) mass is 407 g/mol. The number of nitrogens with one attached hydrogen (secondary N) is 1. The second-order valence-corrected chi connectivity index (χ2v) is 5.53. The van der Waals surface area contributed by atoms with Gasteiger partial charge in [0.15, 0.2) is 0 Å². The number of benzene rings is 2. The third-order valence-corrected chi connectivity index (χ3v) is 3.73. The van der Waals surface area contributed by atoms with Crippen LogP contribution in [-0.4, -0.2) is 5.91 Å². The lowest BCUT2D eigenvalue weighted by molar-refractivity contribution is 0.102. The Morgan fingerprint density at radius 1 is 0.950 bits per heavy atom. The van der Waals surface area contributed by atoms with Crippen LogP contribution in [0.15, 0.2) is 39.3 Å². The van der Waals surface area contributed by atoms with Crippen molar-refractivity contribution in [2.45, 2.75) is 0 Å². The topological polar surface area (TPSA) is 29.1 Å². The van der Waals surface area contributed by atoms with Crippen LogP contribution in [0.2, 0.25) is 0 Å². The Hall–Kier alpha value is -1.34. The molecule has 2 rings (SSSR count). The second-order valence-electron chi connectivity index (χ2n) is 3.82. The van der Waals surface area contributed by atoms with Crippen LogP contribution in [-0.2, 0) is 0 Å². The molecule has 20 heavy (non-hydrogen) atoms. The second kappa shape index (κ2) is 5.97. The van der Waals surface area contributed by atoms with Gasteiger partial charge in [-0.05, 0) is 56.1 Å². The summed E-state index contributed by atoms with van der Waals surface area (Å²) in [6.07, 6.45) is 0. The Kier molecular flexibility index (Phi) is 4.49. The molecule has 0 atom stereocenters. The van der Waals surface area contributed by atoms with Gasteiger partial charge in [-0.1, -0.05) is 0 Å². The highest BCUT2D eigenvalue weighted by Gasteiger charge is 2.15. The minimum Gasteiger partial charge on any atom is -0.319 e. The standard InChI is InChI=1S/C13H6Br2F3NO/c14-8-2-1-6(16)3-7(8)13(20)19-12-5-10(17)9(15)4-11(12)18/h1-5H,(H,19,20). The van der Waals surface area contributed by atoms with Crippen molar-refractivity contribution in [1.29, 1.82) is 0 Å². The number of carbonyl (C=O) groups is 1. The summed E-state index contributed by atoms with van der Waals surface area (Å²) in [6.45, 7) is 0. The van der Waals surface area contributed by atoms with Gasteiger partial charge in [-0.3, -0.25) is 4.79 Å². The quantitative estimate of drug-likeness (QED) is 0.705. The van der Waals surface area contributed by atoms with Gasteiger partial charge in [0.1, 0.15) is 17.5 Å². The van der Waals surface area contributed by atoms with Crippen molar-refractivity contribution < 1.29 is 18.0 Å². The first-order chi connectivity index (χ1) is 9.38. The molecule has 2 nitrogen and oxygen atoms in total. The summed E-state index contributed by atoms with van der Waals surface area (Å²) in [5.41, 5.74) is -0.348. The van der Waals surface area contributed by atoms with Crippen LogP contribution in [0.3, 0.4) is 0 Å². The van der Waals surface area contributed by atoms with E-state index in [1.165, 1.54) is 12.1 Å². The first-order valence-electron chi connectivity index (χ1n) is 5.29. The molecule has 2 aromatic rings. The Morgan fingerprint density at radius 2 is 1.65 bits per heavy atom. The normalized spacial score (nSPS) is 10.4. The number of anilines is 1. The van der Waals surface area contributed by atoms with E-state index in [1.807, 2.05) is 0 Å². The summed E-state index contributed by atoms with van der Waals surface area (Å²) in [4.78, 5) is 11.9. The molecule has 0 fully saturated rings. The lowest BCUT2D eigenvalue weighted by Gasteiger charge is -2.09. The smallest absolute Gasteiger partial charge is 0.256 e. The van der Waals surface area contributed by atoms with Crippen LogP contribution in [0.1, 0.15) is 10.4 Å². The predicted octanol–water partition coefficient (Wildman–Crippen LogP) is 4.88. The molecule has 0 heterocycles. The van der Waals surface area contributed by atoms with Gasteiger partial charge >= 0.3 is 0 Å². The maximum Gasteiger partial charge on any atom is 0.256 e. The lowest BCUT2D eigenvalue weighted by Crippen LogP contribution is -2.14. The SMILES string of the molecule is O=C(Nc1cc(F)c(Br)cc1F)c1cc(F)ccc1Br. The Balaban J connectivity index is 2.32. The van der Waals surface area contributed by atoms with Crippen molar-refractivity contribution in [2.24, 2.45) is 0 Å². The van der Waals surface area contributed by atoms with Crippen molar-refractivity contribution in [1.82, 2.24) is 0 Å². The maximum atomic E-state index is 13.6. The maximum absolute atomic E-state index is 13.6. The third kappa shape index (κ3) is 3.21. The molecule has 0 aromatic heterocycles. The molecule has 0 aliphatic rings. The Labute approximate surface area is 129 Å². The van der Waals surface area contributed by atoms with E-state index in [2.05, 4.69) is 37.2 Å². The highest BCUT2D eigenvalue weighted by atomic mass is 79.9. The molecule has 1 amide bonds. The van der Waals surface area contributed by atoms with Crippen molar-refractivity contribution in [3.05, 3.63) is 62.3 Å². The molecule has 0 saturated heterocycles. The molecule has 0 radical (unpaired) electrons. The summed E-state index contributed by atoms with van der Waals surface area (Å²) in [5, 5.41) is 2.19. The van der Waals surface area contributed by atoms with E-state index in [1.54, 1.807) is 0 Å². The van der Waals surface area contributed by atoms with E-state index in [0.29, 0.717) is 4.47 Å². The van der Waals surface area contributed by atoms with Gasteiger partial charge in [0.25, 0.3) is 5.91 Å². The summed E-state index contributed by atoms with van der Waals surface area (Å²) < 4.78 is 40.3. The van der Waals surface area contributed by atoms with Crippen LogP contribution >= 0.6 is 31.9 Å². The highest BCUT2D eigenvalue weighted by Crippen LogP contribution is 2.25. The van der Waals surface area contributed by atoms with Gasteiger partial charge in [0, 0.05) is 10.5 Å². The summed E-state index contributed by atoms with van der Waals surface area (Å²) in [7, 11) is 0. The summed E-state index contributed by atoms with van der Waals surface area (Å²) in [6, 6.07) is 5.24. The number of hydrogen-bond acceptors (Lipinski definition) is 1. The highest BCUT2D eigenvalue weighted by molar-refractivity contribution is 9.10. The van der Waals surface area contributed by atoms with Crippen LogP contribution in [0.4, 0.5) is 18.9 Å². The van der Waals surface area contributed by atoms with E-state index in [-0.39, 0.29) is 15.7 Å². The fourth-order valence-corrected chi connectivity index (χ4v) is 2.22. The van der Waals surface area contributed by atoms with Crippen molar-refractivity contribution in [2.75, 3.05) is 5.32 Å². The first-order valence-corrected chi connectivity index (χ1v) is 6.88. The van der Waals surface area contributed by atoms with E-state index in [4.69, 9.17) is 0 Å². The van der Waals surface area contributed by atoms with Crippen LogP contribution < -0.4 is 5.32 Å². The molecule has 0 aliphatic carbocycles. The zero-order chi connectivity index (χ0) is 14.9. The fourth-order valence-electron chi connectivity index (χ4n) is 1.48. The van der Waals surface area contributed by atoms with Crippen molar-refractivity contribution >= 4 is 43.5 Å². The van der Waals surface area contributed by atoms with E-state index in [0.717, 1.165) is 18.2 Å². The van der Waals surface area contributed by atoms with Crippen LogP contribution in [0.5, 0.6) is 0 Å². The number of halogens is 5. The summed E-state index contributed by atoms with van der Waals surface area (Å²) in [5.74, 6) is -2.89. The first kappa shape index (κ1) is 15.1. The number of carbonyl (C=O) groups excluding carboxylic acids is 1. The van der Waals surface area contributed by atoms with E-state index >= 15 is 0 Å². The largest absolute Gasteiger partial charge is 0.319 e. The molecule has 0 aliphatic heterocycles. The molecule has 7 heteroatoms. The predicted molar refractivity (Wildman–Crippen MR) is 76.1 cm³/mol. The minimum absolute atomic E-state index is 0.0206. The number of amides is 1. The van der Waals surface area contributed by atoms with E-state index < -0.39 is 23.4 Å². The molecule has 0 unspecified atom stereocenters. The van der Waals surface area contributed by atoms with Gasteiger partial charge in [-0.2, -0.15) is 0 Å². The van der Waals surface area contributed by atoms with Gasteiger partial charge in [-0.15, -0.1) is 0 Å². The zero-order valence-corrected chi connectivity index (χ0v) is 12.9. The van der Waals surface area contributed by atoms with Crippen molar-refractivity contribution in [3.63, 3.8) is 0 Å². The van der Waals surface area contributed by atoms with Crippen molar-refractivity contribution in [3.8, 4) is 0 Å². The molecule has 0 saturated carbocycles. The average molecular weight is 409 g/mol. The molecular weight excluding hydrogens is 403 g/mol. The van der Waals surface area contributed by atoms with E-state index in [9.17, 15) is 18.0 Å². The number of rotatable bonds is 2. The van der Waals surface area contributed by atoms with Crippen LogP contribution in [0, 0.1) is 17.5 Å². The third-order valence-electron chi connectivity index (χ3n) is 2.43. The molecular formula is C13H6Br2F3NO. The average Bonchev–Trinajstić information content (AvgIpc) is 2.38.